The molecule has 2 fully saturated rings. The van der Waals surface area contributed by atoms with Gasteiger partial charge in [-0.25, -0.2) is 8.42 Å². The fourth-order valence-corrected chi connectivity index (χ4v) is 6.95. The summed E-state index contributed by atoms with van der Waals surface area (Å²) in [6.45, 7) is 2.74. The number of anilines is 2. The van der Waals surface area contributed by atoms with Crippen LogP contribution < -0.4 is 15.0 Å². The number of likely N-dealkylation sites (tertiary alicyclic amines) is 1. The number of ether oxygens (including phenoxy) is 1. The van der Waals surface area contributed by atoms with Crippen molar-refractivity contribution >= 4 is 44.8 Å². The fourth-order valence-electron chi connectivity index (χ4n) is 5.31. The third-order valence-electron chi connectivity index (χ3n) is 7.68. The van der Waals surface area contributed by atoms with Crippen LogP contribution in [0.2, 0.25) is 5.02 Å². The van der Waals surface area contributed by atoms with Crippen molar-refractivity contribution in [3.63, 3.8) is 0 Å². The Morgan fingerprint density at radius 3 is 2.15 bits per heavy atom. The van der Waals surface area contributed by atoms with Gasteiger partial charge in [-0.3, -0.25) is 9.59 Å². The summed E-state index contributed by atoms with van der Waals surface area (Å²) in [7, 11) is -2.05. The summed E-state index contributed by atoms with van der Waals surface area (Å²) in [5, 5.41) is 3.31. The van der Waals surface area contributed by atoms with E-state index in [1.165, 1.54) is 16.4 Å². The fraction of sp³-hybridized carbons (Fsp3) is 0.333. The molecule has 9 nitrogen and oxygen atoms in total. The summed E-state index contributed by atoms with van der Waals surface area (Å²) in [6, 6.07) is 21.0. The maximum atomic E-state index is 13.3. The standard InChI is InChI=1S/C30H33ClN4O5S/c1-40-28-9-5-4-8-27(28)33-18-20-35(21-19-33)41(38,39)24-12-10-23(11-13-24)32-29(36)22-14-16-34(17-15-22)30(37)25-6-2-3-7-26(25)31/h2-13,22H,14-21H2,1H3,(H,32,36). The average Bonchev–Trinajstić information content (AvgIpc) is 3.01. The molecule has 1 N–H and O–H groups in total. The predicted molar refractivity (Wildman–Crippen MR) is 159 cm³/mol. The molecule has 5 rings (SSSR count). The van der Waals surface area contributed by atoms with Gasteiger partial charge in [-0.2, -0.15) is 4.31 Å². The third kappa shape index (κ3) is 6.34. The number of carbonyl (C=O) groups is 2. The van der Waals surface area contributed by atoms with E-state index in [1.807, 2.05) is 24.3 Å². The molecule has 0 atom stereocenters. The number of amides is 2. The Balaban J connectivity index is 1.14. The lowest BCUT2D eigenvalue weighted by molar-refractivity contribution is -0.121. The molecular formula is C30H33ClN4O5S. The van der Waals surface area contributed by atoms with E-state index >= 15 is 0 Å². The summed E-state index contributed by atoms with van der Waals surface area (Å²) in [6.07, 6.45) is 1.07. The highest BCUT2D eigenvalue weighted by molar-refractivity contribution is 7.89. The van der Waals surface area contributed by atoms with Crippen LogP contribution in [0.5, 0.6) is 5.75 Å². The molecule has 2 saturated heterocycles. The van der Waals surface area contributed by atoms with Gasteiger partial charge in [0, 0.05) is 50.9 Å². The molecule has 3 aromatic rings. The topological polar surface area (TPSA) is 99.3 Å². The number of piperazine rings is 1. The van der Waals surface area contributed by atoms with Gasteiger partial charge in [0.05, 0.1) is 28.3 Å². The van der Waals surface area contributed by atoms with Crippen LogP contribution in [0.15, 0.2) is 77.7 Å². The highest BCUT2D eigenvalue weighted by Crippen LogP contribution is 2.30. The number of hydrogen-bond donors (Lipinski definition) is 1. The van der Waals surface area contributed by atoms with Crippen molar-refractivity contribution in [2.24, 2.45) is 5.92 Å². The lowest BCUT2D eigenvalue weighted by Crippen LogP contribution is -2.48. The SMILES string of the molecule is COc1ccccc1N1CCN(S(=O)(=O)c2ccc(NC(=O)C3CCN(C(=O)c4ccccc4Cl)CC3)cc2)CC1. The van der Waals surface area contributed by atoms with E-state index in [1.54, 1.807) is 48.4 Å². The molecule has 2 aliphatic rings. The van der Waals surface area contributed by atoms with Gasteiger partial charge in [-0.15, -0.1) is 0 Å². The Morgan fingerprint density at radius 2 is 1.49 bits per heavy atom. The van der Waals surface area contributed by atoms with Gasteiger partial charge in [0.15, 0.2) is 0 Å². The zero-order valence-electron chi connectivity index (χ0n) is 22.8. The van der Waals surface area contributed by atoms with Crippen molar-refractivity contribution < 1.29 is 22.7 Å². The van der Waals surface area contributed by atoms with Crippen LogP contribution in [0.3, 0.4) is 0 Å². The predicted octanol–water partition coefficient (Wildman–Crippen LogP) is 4.35. The number of halogens is 1. The minimum absolute atomic E-state index is 0.132. The molecular weight excluding hydrogens is 564 g/mol. The molecule has 0 bridgehead atoms. The Hall–Kier alpha value is -3.60. The first-order chi connectivity index (χ1) is 19.8. The van der Waals surface area contributed by atoms with E-state index in [-0.39, 0.29) is 22.6 Å². The highest BCUT2D eigenvalue weighted by Gasteiger charge is 2.31. The Kier molecular flexibility index (Phi) is 8.82. The second-order valence-electron chi connectivity index (χ2n) is 10.1. The molecule has 216 valence electrons. The second kappa shape index (κ2) is 12.5. The number of benzene rings is 3. The first kappa shape index (κ1) is 28.9. The van der Waals surface area contributed by atoms with Crippen molar-refractivity contribution in [3.8, 4) is 5.75 Å². The minimum atomic E-state index is -3.67. The molecule has 0 radical (unpaired) electrons. The molecule has 0 saturated carbocycles. The van der Waals surface area contributed by atoms with E-state index in [9.17, 15) is 18.0 Å². The number of hydrogen-bond acceptors (Lipinski definition) is 6. The highest BCUT2D eigenvalue weighted by atomic mass is 35.5. The number of methoxy groups -OCH3 is 1. The van der Waals surface area contributed by atoms with Gasteiger partial charge in [-0.1, -0.05) is 35.9 Å². The van der Waals surface area contributed by atoms with Crippen LogP contribution in [0.4, 0.5) is 11.4 Å². The first-order valence-electron chi connectivity index (χ1n) is 13.6. The average molecular weight is 597 g/mol. The lowest BCUT2D eigenvalue weighted by Gasteiger charge is -2.36. The van der Waals surface area contributed by atoms with Gasteiger partial charge >= 0.3 is 0 Å². The molecule has 41 heavy (non-hydrogen) atoms. The number of sulfonamides is 1. The van der Waals surface area contributed by atoms with E-state index < -0.39 is 10.0 Å². The van der Waals surface area contributed by atoms with Crippen molar-refractivity contribution in [1.29, 1.82) is 0 Å². The zero-order valence-corrected chi connectivity index (χ0v) is 24.4. The molecule has 0 unspecified atom stereocenters. The van der Waals surface area contributed by atoms with Crippen molar-refractivity contribution in [2.75, 3.05) is 56.6 Å². The quantitative estimate of drug-likeness (QED) is 0.435. The lowest BCUT2D eigenvalue weighted by atomic mass is 9.95. The molecule has 0 spiro atoms. The van der Waals surface area contributed by atoms with Crippen molar-refractivity contribution in [3.05, 3.63) is 83.4 Å². The van der Waals surface area contributed by atoms with Crippen LogP contribution in [-0.4, -0.2) is 75.8 Å². The number of carbonyl (C=O) groups excluding carboxylic acids is 2. The molecule has 0 aliphatic carbocycles. The van der Waals surface area contributed by atoms with Crippen molar-refractivity contribution in [2.45, 2.75) is 17.7 Å². The summed E-state index contributed by atoms with van der Waals surface area (Å²) in [5.74, 6) is 0.246. The molecule has 2 amide bonds. The number of para-hydroxylation sites is 2. The largest absolute Gasteiger partial charge is 0.495 e. The minimum Gasteiger partial charge on any atom is -0.495 e. The second-order valence-corrected chi connectivity index (χ2v) is 12.5. The maximum Gasteiger partial charge on any atom is 0.255 e. The van der Waals surface area contributed by atoms with E-state index in [4.69, 9.17) is 16.3 Å². The monoisotopic (exact) mass is 596 g/mol. The summed E-state index contributed by atoms with van der Waals surface area (Å²) in [5.41, 5.74) is 1.94. The molecule has 3 aromatic carbocycles. The number of rotatable bonds is 7. The number of nitrogens with zero attached hydrogens (tertiary/aromatic N) is 3. The smallest absolute Gasteiger partial charge is 0.255 e. The Morgan fingerprint density at radius 1 is 0.854 bits per heavy atom. The van der Waals surface area contributed by atoms with E-state index in [0.29, 0.717) is 68.4 Å². The van der Waals surface area contributed by atoms with Crippen LogP contribution in [-0.2, 0) is 14.8 Å². The summed E-state index contributed by atoms with van der Waals surface area (Å²) in [4.78, 5) is 29.8. The van der Waals surface area contributed by atoms with Crippen LogP contribution in [0.25, 0.3) is 0 Å². The first-order valence-corrected chi connectivity index (χ1v) is 15.4. The van der Waals surface area contributed by atoms with Crippen LogP contribution >= 0.6 is 11.6 Å². The normalized spacial score (nSPS) is 16.8. The Bertz CT molecular complexity index is 1500. The van der Waals surface area contributed by atoms with Crippen molar-refractivity contribution in [1.82, 2.24) is 9.21 Å². The molecule has 11 heteroatoms. The van der Waals surface area contributed by atoms with E-state index in [0.717, 1.165) is 11.4 Å². The number of nitrogens with one attached hydrogen (secondary N) is 1. The summed E-state index contributed by atoms with van der Waals surface area (Å²) >= 11 is 6.17. The summed E-state index contributed by atoms with van der Waals surface area (Å²) < 4.78 is 33.5. The maximum absolute atomic E-state index is 13.3. The zero-order chi connectivity index (χ0) is 29.0. The van der Waals surface area contributed by atoms with Gasteiger partial charge in [0.2, 0.25) is 15.9 Å². The van der Waals surface area contributed by atoms with Gasteiger partial charge in [0.25, 0.3) is 5.91 Å². The van der Waals surface area contributed by atoms with E-state index in [2.05, 4.69) is 10.2 Å². The van der Waals surface area contributed by atoms with Gasteiger partial charge in [-0.05, 0) is 61.4 Å². The molecule has 2 heterocycles. The molecule has 2 aliphatic heterocycles. The third-order valence-corrected chi connectivity index (χ3v) is 9.92. The van der Waals surface area contributed by atoms with Crippen LogP contribution in [0.1, 0.15) is 23.2 Å². The van der Waals surface area contributed by atoms with Gasteiger partial charge < -0.3 is 19.9 Å². The van der Waals surface area contributed by atoms with Gasteiger partial charge in [0.1, 0.15) is 5.75 Å². The van der Waals surface area contributed by atoms with Crippen LogP contribution in [0, 0.1) is 5.92 Å². The Labute approximate surface area is 245 Å². The molecule has 0 aromatic heterocycles. The number of piperidine rings is 1.